The zero-order valence-corrected chi connectivity index (χ0v) is 14.1. The number of benzene rings is 1. The molecule has 0 fully saturated rings. The SMILES string of the molecule is NC(=O)C[C@@H](NC(=O)c1nccn2ncc(Br)c12)c1ccccc1. The number of amides is 2. The summed E-state index contributed by atoms with van der Waals surface area (Å²) in [7, 11) is 0. The van der Waals surface area contributed by atoms with Crippen LogP contribution >= 0.6 is 15.9 Å². The lowest BCUT2D eigenvalue weighted by molar-refractivity contribution is -0.118. The van der Waals surface area contributed by atoms with Crippen LogP contribution in [0.4, 0.5) is 0 Å². The van der Waals surface area contributed by atoms with Crippen LogP contribution in [0.5, 0.6) is 0 Å². The number of nitrogens with one attached hydrogen (secondary N) is 1. The molecule has 0 saturated carbocycles. The second-order valence-corrected chi connectivity index (χ2v) is 6.02. The number of primary amides is 1. The first kappa shape index (κ1) is 16.1. The van der Waals surface area contributed by atoms with Crippen LogP contribution in [-0.4, -0.2) is 26.4 Å². The van der Waals surface area contributed by atoms with Gasteiger partial charge in [0.15, 0.2) is 5.69 Å². The Morgan fingerprint density at radius 3 is 2.75 bits per heavy atom. The van der Waals surface area contributed by atoms with Gasteiger partial charge in [0.05, 0.1) is 23.1 Å². The first-order valence-electron chi connectivity index (χ1n) is 7.18. The third kappa shape index (κ3) is 3.28. The molecule has 2 aromatic heterocycles. The second kappa shape index (κ2) is 6.79. The van der Waals surface area contributed by atoms with E-state index in [1.54, 1.807) is 16.9 Å². The number of nitrogens with two attached hydrogens (primary N) is 1. The summed E-state index contributed by atoms with van der Waals surface area (Å²) >= 11 is 3.36. The van der Waals surface area contributed by atoms with Gasteiger partial charge in [0, 0.05) is 12.4 Å². The molecule has 3 N–H and O–H groups in total. The molecule has 0 bridgehead atoms. The molecule has 122 valence electrons. The minimum atomic E-state index is -0.528. The lowest BCUT2D eigenvalue weighted by Crippen LogP contribution is -2.32. The van der Waals surface area contributed by atoms with Gasteiger partial charge in [-0.3, -0.25) is 9.59 Å². The van der Waals surface area contributed by atoms with Crippen molar-refractivity contribution in [1.82, 2.24) is 19.9 Å². The monoisotopic (exact) mass is 387 g/mol. The van der Waals surface area contributed by atoms with Gasteiger partial charge < -0.3 is 11.1 Å². The Morgan fingerprint density at radius 1 is 1.29 bits per heavy atom. The van der Waals surface area contributed by atoms with Crippen molar-refractivity contribution in [2.75, 3.05) is 0 Å². The molecule has 2 heterocycles. The summed E-state index contributed by atoms with van der Waals surface area (Å²) in [5, 5.41) is 6.95. The lowest BCUT2D eigenvalue weighted by Gasteiger charge is -2.18. The van der Waals surface area contributed by atoms with Crippen molar-refractivity contribution in [3.63, 3.8) is 0 Å². The van der Waals surface area contributed by atoms with Crippen LogP contribution in [0.15, 0.2) is 53.4 Å². The molecule has 1 atom stereocenters. The van der Waals surface area contributed by atoms with E-state index in [1.807, 2.05) is 30.3 Å². The normalized spacial score (nSPS) is 12.0. The first-order valence-corrected chi connectivity index (χ1v) is 7.97. The fraction of sp³-hybridized carbons (Fsp3) is 0.125. The Bertz CT molecular complexity index is 894. The molecule has 2 amide bonds. The van der Waals surface area contributed by atoms with Gasteiger partial charge >= 0.3 is 0 Å². The third-order valence-corrected chi connectivity index (χ3v) is 4.09. The molecule has 0 radical (unpaired) electrons. The lowest BCUT2D eigenvalue weighted by atomic mass is 10.0. The van der Waals surface area contributed by atoms with E-state index >= 15 is 0 Å². The fourth-order valence-electron chi connectivity index (χ4n) is 2.44. The van der Waals surface area contributed by atoms with Crippen LogP contribution in [0, 0.1) is 0 Å². The number of hydrogen-bond donors (Lipinski definition) is 2. The summed E-state index contributed by atoms with van der Waals surface area (Å²) in [5.41, 5.74) is 6.88. The molecular weight excluding hydrogens is 374 g/mol. The standard InChI is InChI=1S/C16H14BrN5O2/c17-11-9-20-22-7-6-19-14(15(11)22)16(24)21-12(8-13(18)23)10-4-2-1-3-5-10/h1-7,9,12H,8H2,(H2,18,23)(H,21,24)/t12-/m1/s1. The third-order valence-electron chi connectivity index (χ3n) is 3.51. The van der Waals surface area contributed by atoms with Crippen molar-refractivity contribution in [2.45, 2.75) is 12.5 Å². The van der Waals surface area contributed by atoms with E-state index in [0.717, 1.165) is 5.56 Å². The Labute approximate surface area is 146 Å². The van der Waals surface area contributed by atoms with Gasteiger partial charge in [0.2, 0.25) is 5.91 Å². The van der Waals surface area contributed by atoms with Crippen molar-refractivity contribution in [2.24, 2.45) is 5.73 Å². The molecule has 0 aliphatic carbocycles. The minimum Gasteiger partial charge on any atom is -0.370 e. The van der Waals surface area contributed by atoms with Crippen molar-refractivity contribution < 1.29 is 9.59 Å². The van der Waals surface area contributed by atoms with Crippen LogP contribution in [0.25, 0.3) is 5.52 Å². The number of halogens is 1. The molecule has 0 aliphatic heterocycles. The second-order valence-electron chi connectivity index (χ2n) is 5.17. The van der Waals surface area contributed by atoms with Gasteiger partial charge in [0.25, 0.3) is 5.91 Å². The number of carbonyl (C=O) groups is 2. The molecule has 8 heteroatoms. The Hall–Kier alpha value is -2.74. The Kier molecular flexibility index (Phi) is 4.57. The van der Waals surface area contributed by atoms with E-state index in [2.05, 4.69) is 31.3 Å². The van der Waals surface area contributed by atoms with Gasteiger partial charge in [0.1, 0.15) is 5.52 Å². The molecule has 0 spiro atoms. The first-order chi connectivity index (χ1) is 11.6. The van der Waals surface area contributed by atoms with Crippen molar-refractivity contribution in [1.29, 1.82) is 0 Å². The molecular formula is C16H14BrN5O2. The average Bonchev–Trinajstić information content (AvgIpc) is 2.96. The number of hydrogen-bond acceptors (Lipinski definition) is 4. The van der Waals surface area contributed by atoms with E-state index in [1.165, 1.54) is 6.20 Å². The highest BCUT2D eigenvalue weighted by molar-refractivity contribution is 9.10. The maximum absolute atomic E-state index is 12.7. The van der Waals surface area contributed by atoms with Gasteiger partial charge in [-0.25, -0.2) is 9.50 Å². The topological polar surface area (TPSA) is 102 Å². The number of rotatable bonds is 5. The zero-order chi connectivity index (χ0) is 17.1. The van der Waals surface area contributed by atoms with E-state index in [9.17, 15) is 9.59 Å². The molecule has 0 unspecified atom stereocenters. The summed E-state index contributed by atoms with van der Waals surface area (Å²) < 4.78 is 2.21. The molecule has 24 heavy (non-hydrogen) atoms. The quantitative estimate of drug-likeness (QED) is 0.696. The molecule has 0 saturated heterocycles. The molecule has 1 aromatic carbocycles. The maximum atomic E-state index is 12.7. The summed E-state index contributed by atoms with van der Waals surface area (Å²) in [6.45, 7) is 0. The van der Waals surface area contributed by atoms with Gasteiger partial charge in [-0.05, 0) is 21.5 Å². The summed E-state index contributed by atoms with van der Waals surface area (Å²) in [6.07, 6.45) is 4.73. The van der Waals surface area contributed by atoms with Crippen molar-refractivity contribution in [3.05, 3.63) is 64.7 Å². The van der Waals surface area contributed by atoms with E-state index < -0.39 is 17.9 Å². The smallest absolute Gasteiger partial charge is 0.272 e. The fourth-order valence-corrected chi connectivity index (χ4v) is 2.90. The molecule has 0 aliphatic rings. The number of aromatic nitrogens is 3. The van der Waals surface area contributed by atoms with Crippen LogP contribution in [-0.2, 0) is 4.79 Å². The van der Waals surface area contributed by atoms with Gasteiger partial charge in [-0.15, -0.1) is 0 Å². The van der Waals surface area contributed by atoms with Crippen LogP contribution in [0.1, 0.15) is 28.5 Å². The molecule has 3 aromatic rings. The van der Waals surface area contributed by atoms with Crippen molar-refractivity contribution in [3.8, 4) is 0 Å². The van der Waals surface area contributed by atoms with Crippen molar-refractivity contribution >= 4 is 33.3 Å². The zero-order valence-electron chi connectivity index (χ0n) is 12.5. The van der Waals surface area contributed by atoms with Crippen LogP contribution < -0.4 is 11.1 Å². The van der Waals surface area contributed by atoms with E-state index in [-0.39, 0.29) is 12.1 Å². The molecule has 7 nitrogen and oxygen atoms in total. The number of carbonyl (C=O) groups excluding carboxylic acids is 2. The van der Waals surface area contributed by atoms with Crippen LogP contribution in [0.3, 0.4) is 0 Å². The Balaban J connectivity index is 1.93. The summed E-state index contributed by atoms with van der Waals surface area (Å²) in [4.78, 5) is 28.2. The highest BCUT2D eigenvalue weighted by Gasteiger charge is 2.21. The minimum absolute atomic E-state index is 0.000690. The Morgan fingerprint density at radius 2 is 2.04 bits per heavy atom. The van der Waals surface area contributed by atoms with E-state index in [0.29, 0.717) is 9.99 Å². The predicted molar refractivity (Wildman–Crippen MR) is 91.1 cm³/mol. The van der Waals surface area contributed by atoms with Gasteiger partial charge in [-0.1, -0.05) is 30.3 Å². The predicted octanol–water partition coefficient (Wildman–Crippen LogP) is 1.84. The molecule has 3 rings (SSSR count). The van der Waals surface area contributed by atoms with Crippen LogP contribution in [0.2, 0.25) is 0 Å². The maximum Gasteiger partial charge on any atom is 0.272 e. The van der Waals surface area contributed by atoms with Gasteiger partial charge in [-0.2, -0.15) is 5.10 Å². The summed E-state index contributed by atoms with van der Waals surface area (Å²) in [6, 6.07) is 8.66. The average molecular weight is 388 g/mol. The highest BCUT2D eigenvalue weighted by atomic mass is 79.9. The number of nitrogens with zero attached hydrogens (tertiary/aromatic N) is 3. The highest BCUT2D eigenvalue weighted by Crippen LogP contribution is 2.21. The largest absolute Gasteiger partial charge is 0.370 e. The van der Waals surface area contributed by atoms with E-state index in [4.69, 9.17) is 5.73 Å². The number of fused-ring (bicyclic) bond motifs is 1. The summed E-state index contributed by atoms with van der Waals surface area (Å²) in [5.74, 6) is -0.905.